The first-order chi connectivity index (χ1) is 17.7. The zero-order chi connectivity index (χ0) is 26.6. The second-order valence-electron chi connectivity index (χ2n) is 9.02. The molecule has 1 aliphatic rings. The summed E-state index contributed by atoms with van der Waals surface area (Å²) in [5, 5.41) is 2.95. The third kappa shape index (κ3) is 6.10. The number of benzene rings is 2. The number of alkyl halides is 3. The van der Waals surface area contributed by atoms with E-state index in [9.17, 15) is 22.8 Å². The van der Waals surface area contributed by atoms with E-state index in [0.29, 0.717) is 49.5 Å². The van der Waals surface area contributed by atoms with Crippen molar-refractivity contribution in [2.75, 3.05) is 20.2 Å². The average Bonchev–Trinajstić information content (AvgIpc) is 2.91. The molecule has 0 saturated carbocycles. The van der Waals surface area contributed by atoms with Crippen LogP contribution in [-0.4, -0.2) is 41.9 Å². The molecule has 3 aromatic rings. The van der Waals surface area contributed by atoms with Crippen molar-refractivity contribution in [1.82, 2.24) is 15.2 Å². The van der Waals surface area contributed by atoms with Crippen molar-refractivity contribution < 1.29 is 27.5 Å². The van der Waals surface area contributed by atoms with E-state index in [4.69, 9.17) is 4.74 Å². The Morgan fingerprint density at radius 1 is 1.03 bits per heavy atom. The first kappa shape index (κ1) is 26.2. The van der Waals surface area contributed by atoms with Crippen LogP contribution in [-0.2, 0) is 12.7 Å². The van der Waals surface area contributed by atoms with Crippen molar-refractivity contribution in [3.8, 4) is 5.75 Å². The quantitative estimate of drug-likeness (QED) is 0.483. The SMILES string of the molecule is COc1ccccc1CNC(=O)c1ccc(C)nc1C1CCN(C(=O)c2ccc(C(F)(F)F)cc2)CC1. The van der Waals surface area contributed by atoms with Crippen LogP contribution in [0.3, 0.4) is 0 Å². The van der Waals surface area contributed by atoms with Gasteiger partial charge < -0.3 is 15.0 Å². The smallest absolute Gasteiger partial charge is 0.416 e. The topological polar surface area (TPSA) is 71.5 Å². The molecule has 194 valence electrons. The number of methoxy groups -OCH3 is 1. The van der Waals surface area contributed by atoms with Crippen LogP contribution in [0.15, 0.2) is 60.7 Å². The third-order valence-corrected chi connectivity index (χ3v) is 6.57. The zero-order valence-electron chi connectivity index (χ0n) is 20.6. The number of halogens is 3. The van der Waals surface area contributed by atoms with Gasteiger partial charge in [-0.05, 0) is 62.2 Å². The van der Waals surface area contributed by atoms with Gasteiger partial charge in [-0.25, -0.2) is 0 Å². The van der Waals surface area contributed by atoms with Crippen LogP contribution < -0.4 is 10.1 Å². The molecule has 1 N–H and O–H groups in total. The molecule has 0 radical (unpaired) electrons. The van der Waals surface area contributed by atoms with Crippen molar-refractivity contribution >= 4 is 11.8 Å². The van der Waals surface area contributed by atoms with Gasteiger partial charge in [-0.2, -0.15) is 13.2 Å². The third-order valence-electron chi connectivity index (χ3n) is 6.57. The minimum absolute atomic E-state index is 0.0245. The lowest BCUT2D eigenvalue weighted by molar-refractivity contribution is -0.137. The van der Waals surface area contributed by atoms with Crippen LogP contribution in [0.1, 0.15) is 62.0 Å². The zero-order valence-corrected chi connectivity index (χ0v) is 20.6. The fourth-order valence-corrected chi connectivity index (χ4v) is 4.54. The molecule has 0 unspecified atom stereocenters. The predicted molar refractivity (Wildman–Crippen MR) is 132 cm³/mol. The normalized spacial score (nSPS) is 14.4. The highest BCUT2D eigenvalue weighted by molar-refractivity contribution is 5.96. The van der Waals surface area contributed by atoms with Crippen LogP contribution >= 0.6 is 0 Å². The Labute approximate surface area is 213 Å². The number of pyridine rings is 1. The molecule has 37 heavy (non-hydrogen) atoms. The second-order valence-corrected chi connectivity index (χ2v) is 9.02. The number of nitrogens with one attached hydrogen (secondary N) is 1. The molecule has 2 heterocycles. The summed E-state index contributed by atoms with van der Waals surface area (Å²) in [5.74, 6) is 0.120. The number of aryl methyl sites for hydroxylation is 1. The van der Waals surface area contributed by atoms with Crippen LogP contribution in [0, 0.1) is 6.92 Å². The number of rotatable bonds is 6. The van der Waals surface area contributed by atoms with Gasteiger partial charge in [0, 0.05) is 42.4 Å². The van der Waals surface area contributed by atoms with Gasteiger partial charge in [0.2, 0.25) is 0 Å². The monoisotopic (exact) mass is 511 g/mol. The van der Waals surface area contributed by atoms with Crippen molar-refractivity contribution in [1.29, 1.82) is 0 Å². The number of nitrogens with zero attached hydrogens (tertiary/aromatic N) is 2. The Morgan fingerprint density at radius 2 is 1.70 bits per heavy atom. The first-order valence-electron chi connectivity index (χ1n) is 12.0. The molecule has 4 rings (SSSR count). The highest BCUT2D eigenvalue weighted by atomic mass is 19.4. The van der Waals surface area contributed by atoms with Gasteiger partial charge in [-0.1, -0.05) is 18.2 Å². The summed E-state index contributed by atoms with van der Waals surface area (Å²) in [6.07, 6.45) is -3.26. The summed E-state index contributed by atoms with van der Waals surface area (Å²) in [6, 6.07) is 15.3. The molecule has 6 nitrogen and oxygen atoms in total. The number of para-hydroxylation sites is 1. The lowest BCUT2D eigenvalue weighted by Crippen LogP contribution is -2.38. The van der Waals surface area contributed by atoms with E-state index in [1.54, 1.807) is 24.1 Å². The average molecular weight is 512 g/mol. The van der Waals surface area contributed by atoms with E-state index in [2.05, 4.69) is 10.3 Å². The second kappa shape index (κ2) is 11.0. The Morgan fingerprint density at radius 3 is 2.35 bits per heavy atom. The van der Waals surface area contributed by atoms with Crippen molar-refractivity contribution in [2.24, 2.45) is 0 Å². The molecule has 9 heteroatoms. The molecule has 1 aliphatic heterocycles. The molecule has 1 saturated heterocycles. The molecule has 1 fully saturated rings. The minimum atomic E-state index is -4.45. The van der Waals surface area contributed by atoms with Gasteiger partial charge in [0.1, 0.15) is 5.75 Å². The number of aromatic nitrogens is 1. The predicted octanol–water partition coefficient (Wildman–Crippen LogP) is 5.37. The van der Waals surface area contributed by atoms with Gasteiger partial charge in [0.25, 0.3) is 11.8 Å². The Bertz CT molecular complexity index is 1270. The van der Waals surface area contributed by atoms with E-state index in [1.807, 2.05) is 31.2 Å². The summed E-state index contributed by atoms with van der Waals surface area (Å²) in [6.45, 7) is 3.00. The lowest BCUT2D eigenvalue weighted by Gasteiger charge is -2.32. The minimum Gasteiger partial charge on any atom is -0.496 e. The van der Waals surface area contributed by atoms with Gasteiger partial charge in [0.05, 0.1) is 23.9 Å². The highest BCUT2D eigenvalue weighted by Crippen LogP contribution is 2.32. The Balaban J connectivity index is 1.43. The Kier molecular flexibility index (Phi) is 7.80. The molecular formula is C28H28F3N3O3. The van der Waals surface area contributed by atoms with Crippen LogP contribution in [0.2, 0.25) is 0 Å². The summed E-state index contributed by atoms with van der Waals surface area (Å²) >= 11 is 0. The number of carbonyl (C=O) groups is 2. The van der Waals surface area contributed by atoms with E-state index in [-0.39, 0.29) is 23.3 Å². The van der Waals surface area contributed by atoms with E-state index >= 15 is 0 Å². The molecule has 0 atom stereocenters. The van der Waals surface area contributed by atoms with Gasteiger partial charge in [-0.15, -0.1) is 0 Å². The number of piperidine rings is 1. The summed E-state index contributed by atoms with van der Waals surface area (Å²) in [5.41, 5.74) is 2.27. The maximum atomic E-state index is 13.1. The van der Waals surface area contributed by atoms with Crippen molar-refractivity contribution in [3.05, 3.63) is 94.3 Å². The fraction of sp³-hybridized carbons (Fsp3) is 0.321. The van der Waals surface area contributed by atoms with Crippen molar-refractivity contribution in [3.63, 3.8) is 0 Å². The van der Waals surface area contributed by atoms with E-state index in [1.165, 1.54) is 12.1 Å². The van der Waals surface area contributed by atoms with Gasteiger partial charge in [-0.3, -0.25) is 14.6 Å². The molecular weight excluding hydrogens is 483 g/mol. The number of ether oxygens (including phenoxy) is 1. The van der Waals surface area contributed by atoms with Crippen LogP contribution in [0.25, 0.3) is 0 Å². The lowest BCUT2D eigenvalue weighted by atomic mass is 9.89. The summed E-state index contributed by atoms with van der Waals surface area (Å²) in [7, 11) is 1.58. The molecule has 0 bridgehead atoms. The number of likely N-dealkylation sites (tertiary alicyclic amines) is 1. The van der Waals surface area contributed by atoms with E-state index in [0.717, 1.165) is 23.4 Å². The molecule has 1 aromatic heterocycles. The molecule has 0 aliphatic carbocycles. The van der Waals surface area contributed by atoms with E-state index < -0.39 is 11.7 Å². The van der Waals surface area contributed by atoms with Gasteiger partial charge in [0.15, 0.2) is 0 Å². The molecule has 2 aromatic carbocycles. The van der Waals surface area contributed by atoms with Crippen LogP contribution in [0.4, 0.5) is 13.2 Å². The maximum absolute atomic E-state index is 13.1. The maximum Gasteiger partial charge on any atom is 0.416 e. The summed E-state index contributed by atoms with van der Waals surface area (Å²) < 4.78 is 43.8. The highest BCUT2D eigenvalue weighted by Gasteiger charge is 2.31. The number of hydrogen-bond acceptors (Lipinski definition) is 4. The summed E-state index contributed by atoms with van der Waals surface area (Å²) in [4.78, 5) is 32.3. The van der Waals surface area contributed by atoms with Crippen molar-refractivity contribution in [2.45, 2.75) is 38.4 Å². The largest absolute Gasteiger partial charge is 0.496 e. The van der Waals surface area contributed by atoms with Gasteiger partial charge >= 0.3 is 6.18 Å². The van der Waals surface area contributed by atoms with Crippen LogP contribution in [0.5, 0.6) is 5.75 Å². The molecule has 0 spiro atoms. The molecule has 2 amide bonds. The number of carbonyl (C=O) groups excluding carboxylic acids is 2. The number of amides is 2. The fourth-order valence-electron chi connectivity index (χ4n) is 4.54. The standard InChI is InChI=1S/C28H28F3N3O3/c1-18-7-12-23(26(35)32-17-21-5-3-4-6-24(21)37-2)25(33-18)19-13-15-34(16-14-19)27(36)20-8-10-22(11-9-20)28(29,30)31/h3-12,19H,13-17H2,1-2H3,(H,32,35). The Hall–Kier alpha value is -3.88. The first-order valence-corrected chi connectivity index (χ1v) is 12.0. The number of hydrogen-bond donors (Lipinski definition) is 1.